The van der Waals surface area contributed by atoms with Crippen LogP contribution < -0.4 is 5.32 Å². The molecule has 0 spiro atoms. The van der Waals surface area contributed by atoms with Crippen molar-refractivity contribution in [3.8, 4) is 0 Å². The largest absolute Gasteiger partial charge is 0.418 e. The molecule has 0 bridgehead atoms. The van der Waals surface area contributed by atoms with Crippen LogP contribution in [-0.4, -0.2) is 11.2 Å². The number of alkyl halides is 3. The zero-order valence-corrected chi connectivity index (χ0v) is 14.7. The lowest BCUT2D eigenvalue weighted by molar-refractivity contribution is -0.137. The molecule has 26 heavy (non-hydrogen) atoms. The van der Waals surface area contributed by atoms with Gasteiger partial charge in [0.1, 0.15) is 0 Å². The third-order valence-corrected chi connectivity index (χ3v) is 4.99. The minimum atomic E-state index is -4.52. The number of para-hydroxylation sites is 1. The molecule has 1 unspecified atom stereocenters. The summed E-state index contributed by atoms with van der Waals surface area (Å²) < 4.78 is 39.1. The standard InChI is InChI=1S/C20H16F3NOS/c1-13(26-16-11-10-14-6-2-3-7-15(14)12-16)19(25)24-18-9-5-4-8-17(18)20(21,22)23/h2-13H,1H3,(H,24,25). The summed E-state index contributed by atoms with van der Waals surface area (Å²) >= 11 is 1.31. The number of anilines is 1. The second-order valence-corrected chi connectivity index (χ2v) is 7.22. The van der Waals surface area contributed by atoms with Crippen molar-refractivity contribution in [3.05, 3.63) is 72.3 Å². The van der Waals surface area contributed by atoms with Crippen LogP contribution in [0.3, 0.4) is 0 Å². The molecule has 1 N–H and O–H groups in total. The maximum absolute atomic E-state index is 13.0. The summed E-state index contributed by atoms with van der Waals surface area (Å²) in [7, 11) is 0. The fourth-order valence-electron chi connectivity index (χ4n) is 2.57. The molecule has 0 saturated carbocycles. The van der Waals surface area contributed by atoms with Gasteiger partial charge in [-0.2, -0.15) is 13.2 Å². The van der Waals surface area contributed by atoms with E-state index in [0.29, 0.717) is 0 Å². The van der Waals surface area contributed by atoms with Gasteiger partial charge in [0.05, 0.1) is 16.5 Å². The molecule has 3 aromatic carbocycles. The topological polar surface area (TPSA) is 29.1 Å². The lowest BCUT2D eigenvalue weighted by Gasteiger charge is -2.16. The monoisotopic (exact) mass is 375 g/mol. The first-order valence-electron chi connectivity index (χ1n) is 7.97. The Bertz CT molecular complexity index is 939. The molecular formula is C20H16F3NOS. The maximum Gasteiger partial charge on any atom is 0.418 e. The van der Waals surface area contributed by atoms with Crippen molar-refractivity contribution in [2.24, 2.45) is 0 Å². The zero-order valence-electron chi connectivity index (χ0n) is 13.9. The minimum Gasteiger partial charge on any atom is -0.325 e. The number of rotatable bonds is 4. The fourth-order valence-corrected chi connectivity index (χ4v) is 3.49. The first-order valence-corrected chi connectivity index (χ1v) is 8.85. The average molecular weight is 375 g/mol. The molecule has 0 heterocycles. The van der Waals surface area contributed by atoms with Gasteiger partial charge in [-0.25, -0.2) is 0 Å². The average Bonchev–Trinajstić information content (AvgIpc) is 2.61. The van der Waals surface area contributed by atoms with E-state index in [1.165, 1.54) is 30.0 Å². The molecule has 0 aromatic heterocycles. The second-order valence-electron chi connectivity index (χ2n) is 5.80. The number of carbonyl (C=O) groups excluding carboxylic acids is 1. The highest BCUT2D eigenvalue weighted by Crippen LogP contribution is 2.35. The number of amides is 1. The molecule has 134 valence electrons. The highest BCUT2D eigenvalue weighted by molar-refractivity contribution is 8.00. The van der Waals surface area contributed by atoms with Crippen molar-refractivity contribution >= 4 is 34.1 Å². The van der Waals surface area contributed by atoms with Crippen LogP contribution in [0.2, 0.25) is 0 Å². The van der Waals surface area contributed by atoms with Crippen LogP contribution in [0.4, 0.5) is 18.9 Å². The van der Waals surface area contributed by atoms with Gasteiger partial charge in [-0.05, 0) is 42.0 Å². The van der Waals surface area contributed by atoms with Crippen LogP contribution in [0, 0.1) is 0 Å². The molecule has 3 rings (SSSR count). The van der Waals surface area contributed by atoms with E-state index in [-0.39, 0.29) is 5.69 Å². The zero-order chi connectivity index (χ0) is 18.7. The van der Waals surface area contributed by atoms with Gasteiger partial charge in [0, 0.05) is 4.90 Å². The van der Waals surface area contributed by atoms with Crippen LogP contribution in [0.25, 0.3) is 10.8 Å². The normalized spacial score (nSPS) is 12.8. The van der Waals surface area contributed by atoms with Gasteiger partial charge in [0.25, 0.3) is 0 Å². The number of hydrogen-bond acceptors (Lipinski definition) is 2. The van der Waals surface area contributed by atoms with Crippen LogP contribution in [-0.2, 0) is 11.0 Å². The first-order chi connectivity index (χ1) is 12.3. The molecule has 0 aliphatic carbocycles. The van der Waals surface area contributed by atoms with Gasteiger partial charge < -0.3 is 5.32 Å². The van der Waals surface area contributed by atoms with Crippen molar-refractivity contribution in [3.63, 3.8) is 0 Å². The lowest BCUT2D eigenvalue weighted by atomic mass is 10.1. The van der Waals surface area contributed by atoms with E-state index in [9.17, 15) is 18.0 Å². The first kappa shape index (κ1) is 18.3. The molecule has 0 aliphatic rings. The number of halogens is 3. The maximum atomic E-state index is 13.0. The molecular weight excluding hydrogens is 359 g/mol. The SMILES string of the molecule is CC(Sc1ccc2ccccc2c1)C(=O)Nc1ccccc1C(F)(F)F. The Kier molecular flexibility index (Phi) is 5.23. The number of carbonyl (C=O) groups is 1. The third kappa shape index (κ3) is 4.19. The summed E-state index contributed by atoms with van der Waals surface area (Å²) in [6.45, 7) is 1.67. The van der Waals surface area contributed by atoms with Gasteiger partial charge >= 0.3 is 6.18 Å². The summed E-state index contributed by atoms with van der Waals surface area (Å²) in [5.41, 5.74) is -1.08. The number of benzene rings is 3. The van der Waals surface area contributed by atoms with Crippen molar-refractivity contribution in [1.82, 2.24) is 0 Å². The Morgan fingerprint density at radius 2 is 1.62 bits per heavy atom. The highest BCUT2D eigenvalue weighted by atomic mass is 32.2. The van der Waals surface area contributed by atoms with Gasteiger partial charge in [-0.1, -0.05) is 42.5 Å². The van der Waals surface area contributed by atoms with Crippen molar-refractivity contribution in [2.45, 2.75) is 23.2 Å². The van der Waals surface area contributed by atoms with E-state index in [4.69, 9.17) is 0 Å². The van der Waals surface area contributed by atoms with E-state index < -0.39 is 22.9 Å². The van der Waals surface area contributed by atoms with Gasteiger partial charge in [0.2, 0.25) is 5.91 Å². The summed E-state index contributed by atoms with van der Waals surface area (Å²) in [6, 6.07) is 18.7. The molecule has 6 heteroatoms. The van der Waals surface area contributed by atoms with Crippen molar-refractivity contribution in [2.75, 3.05) is 5.32 Å². The van der Waals surface area contributed by atoms with E-state index in [1.54, 1.807) is 6.92 Å². The second kappa shape index (κ2) is 7.41. The molecule has 1 atom stereocenters. The minimum absolute atomic E-state index is 0.226. The van der Waals surface area contributed by atoms with E-state index in [2.05, 4.69) is 5.32 Å². The Morgan fingerprint density at radius 1 is 0.962 bits per heavy atom. The molecule has 2 nitrogen and oxygen atoms in total. The van der Waals surface area contributed by atoms with Gasteiger partial charge in [-0.15, -0.1) is 11.8 Å². The Labute approximate surface area is 153 Å². The van der Waals surface area contributed by atoms with Crippen molar-refractivity contribution < 1.29 is 18.0 Å². The summed E-state index contributed by atoms with van der Waals surface area (Å²) in [6.07, 6.45) is -4.52. The van der Waals surface area contributed by atoms with Crippen LogP contribution >= 0.6 is 11.8 Å². The fraction of sp³-hybridized carbons (Fsp3) is 0.150. The van der Waals surface area contributed by atoms with E-state index >= 15 is 0 Å². The Balaban J connectivity index is 1.74. The smallest absolute Gasteiger partial charge is 0.325 e. The quantitative estimate of drug-likeness (QED) is 0.569. The third-order valence-electron chi connectivity index (χ3n) is 3.89. The molecule has 0 radical (unpaired) electrons. The van der Waals surface area contributed by atoms with Crippen LogP contribution in [0.1, 0.15) is 12.5 Å². The summed E-state index contributed by atoms with van der Waals surface area (Å²) in [5.74, 6) is -0.472. The predicted molar refractivity (Wildman–Crippen MR) is 99.3 cm³/mol. The van der Waals surface area contributed by atoms with Gasteiger partial charge in [-0.3, -0.25) is 4.79 Å². The summed E-state index contributed by atoms with van der Waals surface area (Å²) in [4.78, 5) is 13.2. The summed E-state index contributed by atoms with van der Waals surface area (Å²) in [5, 5.41) is 3.99. The lowest BCUT2D eigenvalue weighted by Crippen LogP contribution is -2.24. The molecule has 0 fully saturated rings. The molecule has 0 aliphatic heterocycles. The van der Waals surface area contributed by atoms with Crippen LogP contribution in [0.5, 0.6) is 0 Å². The highest BCUT2D eigenvalue weighted by Gasteiger charge is 2.33. The molecule has 0 saturated heterocycles. The van der Waals surface area contributed by atoms with Crippen LogP contribution in [0.15, 0.2) is 71.6 Å². The Morgan fingerprint density at radius 3 is 2.35 bits per heavy atom. The predicted octanol–water partition coefficient (Wildman–Crippen LogP) is 5.98. The number of nitrogens with one attached hydrogen (secondary N) is 1. The van der Waals surface area contributed by atoms with E-state index in [1.807, 2.05) is 42.5 Å². The van der Waals surface area contributed by atoms with Gasteiger partial charge in [0.15, 0.2) is 0 Å². The number of hydrogen-bond donors (Lipinski definition) is 1. The number of fused-ring (bicyclic) bond motifs is 1. The molecule has 1 amide bonds. The molecule has 3 aromatic rings. The number of thioether (sulfide) groups is 1. The van der Waals surface area contributed by atoms with E-state index in [0.717, 1.165) is 21.7 Å². The van der Waals surface area contributed by atoms with Crippen molar-refractivity contribution in [1.29, 1.82) is 0 Å². The Hall–Kier alpha value is -2.47.